The predicted octanol–water partition coefficient (Wildman–Crippen LogP) is 5.92. The van der Waals surface area contributed by atoms with Crippen molar-refractivity contribution in [2.45, 2.75) is 45.8 Å². The molecule has 0 aliphatic carbocycles. The van der Waals surface area contributed by atoms with Crippen LogP contribution in [0.2, 0.25) is 0 Å². The fourth-order valence-electron chi connectivity index (χ4n) is 3.88. The number of carbonyl (C=O) groups is 2. The summed E-state index contributed by atoms with van der Waals surface area (Å²) < 4.78 is 11.3. The maximum Gasteiger partial charge on any atom is 0.252 e. The van der Waals surface area contributed by atoms with Gasteiger partial charge in [-0.3, -0.25) is 4.79 Å². The minimum absolute atomic E-state index is 0.157. The van der Waals surface area contributed by atoms with Crippen LogP contribution in [0.25, 0.3) is 0 Å². The van der Waals surface area contributed by atoms with Crippen molar-refractivity contribution in [1.29, 1.82) is 0 Å². The molecule has 0 aromatic heterocycles. The number of aldehydes is 1. The van der Waals surface area contributed by atoms with Crippen LogP contribution in [0.4, 0.5) is 0 Å². The number of benzene rings is 3. The van der Waals surface area contributed by atoms with Gasteiger partial charge in [-0.25, -0.2) is 0 Å². The normalized spacial score (nSPS) is 11.6. The molecule has 34 heavy (non-hydrogen) atoms. The molecule has 0 spiro atoms. The van der Waals surface area contributed by atoms with Gasteiger partial charge in [-0.05, 0) is 65.8 Å². The number of ether oxygens (including phenoxy) is 2. The molecule has 0 radical (unpaired) electrons. The summed E-state index contributed by atoms with van der Waals surface area (Å²) in [5.74, 6) is 1.76. The van der Waals surface area contributed by atoms with Gasteiger partial charge in [0.15, 0.2) is 0 Å². The number of rotatable bonds is 12. The molecule has 5 heteroatoms. The quantitative estimate of drug-likeness (QED) is 0.341. The molecule has 0 aliphatic rings. The lowest BCUT2D eigenvalue weighted by molar-refractivity contribution is -0.107. The van der Waals surface area contributed by atoms with Gasteiger partial charge in [0.2, 0.25) is 0 Å². The molecule has 1 amide bonds. The Balaban J connectivity index is 1.85. The molecular formula is C29H33NO4. The lowest BCUT2D eigenvalue weighted by atomic mass is 9.95. The van der Waals surface area contributed by atoms with Gasteiger partial charge in [-0.15, -0.1) is 0 Å². The second-order valence-corrected chi connectivity index (χ2v) is 8.73. The first-order valence-electron chi connectivity index (χ1n) is 11.7. The number of amides is 1. The van der Waals surface area contributed by atoms with E-state index in [0.717, 1.165) is 40.9 Å². The highest BCUT2D eigenvalue weighted by atomic mass is 16.5. The Kier molecular flexibility index (Phi) is 9.27. The van der Waals surface area contributed by atoms with Gasteiger partial charge in [0.05, 0.1) is 13.2 Å². The molecule has 3 aromatic rings. The zero-order chi connectivity index (χ0) is 24.3. The molecule has 5 nitrogen and oxygen atoms in total. The van der Waals surface area contributed by atoms with Gasteiger partial charge in [-0.1, -0.05) is 56.3 Å². The van der Waals surface area contributed by atoms with E-state index in [0.29, 0.717) is 30.9 Å². The highest BCUT2D eigenvalue weighted by Crippen LogP contribution is 2.26. The summed E-state index contributed by atoms with van der Waals surface area (Å²) in [5.41, 5.74) is 3.32. The van der Waals surface area contributed by atoms with E-state index in [1.165, 1.54) is 0 Å². The van der Waals surface area contributed by atoms with Crippen LogP contribution in [0.5, 0.6) is 11.5 Å². The molecule has 0 fully saturated rings. The molecule has 0 heterocycles. The molecule has 1 N–H and O–H groups in total. The van der Waals surface area contributed by atoms with Crippen LogP contribution in [-0.4, -0.2) is 19.3 Å². The minimum atomic E-state index is -0.161. The van der Waals surface area contributed by atoms with E-state index in [-0.39, 0.29) is 11.9 Å². The topological polar surface area (TPSA) is 64.6 Å². The largest absolute Gasteiger partial charge is 0.497 e. The standard InChI is InChI=1S/C29H33NO4/c1-21(2)17-28(24-9-7-13-26(19-24)33-3)30-29(32)27-18-22(14-15-23(27)10-8-16-31)20-34-25-11-5-4-6-12-25/h4-7,9,11-16,18-19,21,28H,8,10,17,20H2,1-3H3,(H,30,32). The molecule has 0 bridgehead atoms. The van der Waals surface area contributed by atoms with Gasteiger partial charge in [-0.2, -0.15) is 0 Å². The van der Waals surface area contributed by atoms with Crippen LogP contribution in [-0.2, 0) is 17.8 Å². The van der Waals surface area contributed by atoms with Crippen LogP contribution in [0, 0.1) is 5.92 Å². The summed E-state index contributed by atoms with van der Waals surface area (Å²) in [6.45, 7) is 4.62. The Morgan fingerprint density at radius 1 is 0.971 bits per heavy atom. The van der Waals surface area contributed by atoms with Gasteiger partial charge >= 0.3 is 0 Å². The van der Waals surface area contributed by atoms with Crippen molar-refractivity contribution in [2.24, 2.45) is 5.92 Å². The summed E-state index contributed by atoms with van der Waals surface area (Å²) >= 11 is 0. The molecule has 178 valence electrons. The number of carbonyl (C=O) groups excluding carboxylic acids is 2. The molecule has 3 aromatic carbocycles. The predicted molar refractivity (Wildman–Crippen MR) is 134 cm³/mol. The van der Waals surface area contributed by atoms with Gasteiger partial charge in [0.1, 0.15) is 24.4 Å². The number of methoxy groups -OCH3 is 1. The minimum Gasteiger partial charge on any atom is -0.497 e. The van der Waals surface area contributed by atoms with E-state index in [9.17, 15) is 9.59 Å². The zero-order valence-electron chi connectivity index (χ0n) is 20.1. The van der Waals surface area contributed by atoms with E-state index in [1.54, 1.807) is 7.11 Å². The third-order valence-electron chi connectivity index (χ3n) is 5.61. The molecule has 3 rings (SSSR count). The smallest absolute Gasteiger partial charge is 0.252 e. The number of hydrogen-bond donors (Lipinski definition) is 1. The molecule has 1 unspecified atom stereocenters. The summed E-state index contributed by atoms with van der Waals surface area (Å²) in [4.78, 5) is 24.5. The monoisotopic (exact) mass is 459 g/mol. The molecular weight excluding hydrogens is 426 g/mol. The van der Waals surface area contributed by atoms with Gasteiger partial charge in [0, 0.05) is 12.0 Å². The Morgan fingerprint density at radius 2 is 1.74 bits per heavy atom. The van der Waals surface area contributed by atoms with E-state index in [4.69, 9.17) is 9.47 Å². The van der Waals surface area contributed by atoms with Gasteiger partial charge in [0.25, 0.3) is 5.91 Å². The Bertz CT molecular complexity index is 1080. The van der Waals surface area contributed by atoms with Crippen LogP contribution >= 0.6 is 0 Å². The van der Waals surface area contributed by atoms with Crippen molar-refractivity contribution in [3.63, 3.8) is 0 Å². The van der Waals surface area contributed by atoms with Crippen molar-refractivity contribution < 1.29 is 19.1 Å². The lowest BCUT2D eigenvalue weighted by Crippen LogP contribution is -2.30. The molecule has 0 saturated carbocycles. The second kappa shape index (κ2) is 12.6. The lowest BCUT2D eigenvalue weighted by Gasteiger charge is -2.23. The fraction of sp³-hybridized carbons (Fsp3) is 0.310. The van der Waals surface area contributed by atoms with Crippen molar-refractivity contribution in [3.05, 3.63) is 95.1 Å². The average molecular weight is 460 g/mol. The van der Waals surface area contributed by atoms with Crippen LogP contribution in [0.15, 0.2) is 72.8 Å². The highest BCUT2D eigenvalue weighted by Gasteiger charge is 2.20. The van der Waals surface area contributed by atoms with E-state index >= 15 is 0 Å². The van der Waals surface area contributed by atoms with Crippen molar-refractivity contribution in [2.75, 3.05) is 7.11 Å². The van der Waals surface area contributed by atoms with Crippen LogP contribution in [0.1, 0.15) is 59.8 Å². The van der Waals surface area contributed by atoms with Crippen LogP contribution < -0.4 is 14.8 Å². The number of para-hydroxylation sites is 1. The second-order valence-electron chi connectivity index (χ2n) is 8.73. The number of aryl methyl sites for hydroxylation is 1. The Labute approximate surface area is 202 Å². The zero-order valence-corrected chi connectivity index (χ0v) is 20.1. The summed E-state index contributed by atoms with van der Waals surface area (Å²) in [7, 11) is 1.64. The first-order chi connectivity index (χ1) is 16.5. The summed E-state index contributed by atoms with van der Waals surface area (Å²) in [6.07, 6.45) is 2.55. The third kappa shape index (κ3) is 7.20. The van der Waals surface area contributed by atoms with E-state index in [1.807, 2.05) is 72.8 Å². The number of nitrogens with one attached hydrogen (secondary N) is 1. The highest BCUT2D eigenvalue weighted by molar-refractivity contribution is 5.96. The molecule has 0 saturated heterocycles. The third-order valence-corrected chi connectivity index (χ3v) is 5.61. The van der Waals surface area contributed by atoms with Crippen molar-refractivity contribution >= 4 is 12.2 Å². The van der Waals surface area contributed by atoms with Crippen LogP contribution in [0.3, 0.4) is 0 Å². The fourth-order valence-corrected chi connectivity index (χ4v) is 3.88. The average Bonchev–Trinajstić information content (AvgIpc) is 2.86. The van der Waals surface area contributed by atoms with E-state index < -0.39 is 0 Å². The van der Waals surface area contributed by atoms with Crippen molar-refractivity contribution in [1.82, 2.24) is 5.32 Å². The summed E-state index contributed by atoms with van der Waals surface area (Å²) in [6, 6.07) is 23.0. The molecule has 1 atom stereocenters. The van der Waals surface area contributed by atoms with Crippen molar-refractivity contribution in [3.8, 4) is 11.5 Å². The maximum atomic E-state index is 13.5. The maximum absolute atomic E-state index is 13.5. The first-order valence-corrected chi connectivity index (χ1v) is 11.7. The van der Waals surface area contributed by atoms with E-state index in [2.05, 4.69) is 19.2 Å². The Hall–Kier alpha value is -3.60. The SMILES string of the molecule is COc1cccc(C(CC(C)C)NC(=O)c2cc(COc3ccccc3)ccc2CCC=O)c1. The Morgan fingerprint density at radius 3 is 2.44 bits per heavy atom. The summed E-state index contributed by atoms with van der Waals surface area (Å²) in [5, 5.41) is 3.23. The van der Waals surface area contributed by atoms with Gasteiger partial charge < -0.3 is 19.6 Å². The molecule has 0 aliphatic heterocycles. The number of hydrogen-bond acceptors (Lipinski definition) is 4. The first kappa shape index (κ1) is 25.0.